The molecule has 2 aromatic rings. The van der Waals surface area contributed by atoms with E-state index < -0.39 is 0 Å². The molecule has 3 rings (SSSR count). The Morgan fingerprint density at radius 2 is 2.42 bits per heavy atom. The highest BCUT2D eigenvalue weighted by molar-refractivity contribution is 6.30. The molecule has 1 amide bonds. The fourth-order valence-corrected chi connectivity index (χ4v) is 2.78. The molecule has 19 heavy (non-hydrogen) atoms. The summed E-state index contributed by atoms with van der Waals surface area (Å²) >= 11 is 5.85. The van der Waals surface area contributed by atoms with Crippen molar-refractivity contribution in [3.63, 3.8) is 0 Å². The molecular formula is C13H15ClN4O. The molecule has 100 valence electrons. The summed E-state index contributed by atoms with van der Waals surface area (Å²) in [6.07, 6.45) is 7.42. The van der Waals surface area contributed by atoms with E-state index in [0.29, 0.717) is 10.7 Å². The van der Waals surface area contributed by atoms with Crippen molar-refractivity contribution >= 4 is 17.5 Å². The topological polar surface area (TPSA) is 53.9 Å². The van der Waals surface area contributed by atoms with Crippen LogP contribution in [0.25, 0.3) is 0 Å². The third kappa shape index (κ3) is 2.26. The number of aryl methyl sites for hydroxylation is 1. The van der Waals surface area contributed by atoms with E-state index in [1.807, 2.05) is 24.3 Å². The number of carbonyl (C=O) groups is 1. The normalized spacial score (nSPS) is 19.1. The molecule has 5 nitrogen and oxygen atoms in total. The third-order valence-electron chi connectivity index (χ3n) is 3.50. The first kappa shape index (κ1) is 12.3. The summed E-state index contributed by atoms with van der Waals surface area (Å²) in [6.45, 7) is 0.773. The largest absolute Gasteiger partial charge is 0.356 e. The quantitative estimate of drug-likeness (QED) is 0.917. The lowest BCUT2D eigenvalue weighted by Gasteiger charge is -2.23. The number of carbonyl (C=O) groups excluding carboxylic acids is 1. The summed E-state index contributed by atoms with van der Waals surface area (Å²) < 4.78 is 1.77. The SMILES string of the molecule is Cn1cc(C2CCCN2C(=O)c2cc(Cl)c[nH]2)cn1. The predicted molar refractivity (Wildman–Crippen MR) is 72.0 cm³/mol. The number of amides is 1. The molecule has 0 saturated carbocycles. The highest BCUT2D eigenvalue weighted by Gasteiger charge is 2.31. The minimum atomic E-state index is -0.00162. The fourth-order valence-electron chi connectivity index (χ4n) is 2.61. The number of halogens is 1. The van der Waals surface area contributed by atoms with Crippen molar-refractivity contribution < 1.29 is 4.79 Å². The number of nitrogens with one attached hydrogen (secondary N) is 1. The Kier molecular flexibility index (Phi) is 3.06. The summed E-state index contributed by atoms with van der Waals surface area (Å²) in [5.41, 5.74) is 1.63. The van der Waals surface area contributed by atoms with E-state index in [1.165, 1.54) is 0 Å². The molecule has 1 N–H and O–H groups in total. The van der Waals surface area contributed by atoms with Gasteiger partial charge in [0.15, 0.2) is 0 Å². The van der Waals surface area contributed by atoms with Gasteiger partial charge < -0.3 is 9.88 Å². The average Bonchev–Trinajstić information content (AvgIpc) is 3.07. The number of aromatic amines is 1. The van der Waals surface area contributed by atoms with Crippen LogP contribution in [0.1, 0.15) is 34.9 Å². The number of nitrogens with zero attached hydrogens (tertiary/aromatic N) is 3. The fraction of sp³-hybridized carbons (Fsp3) is 0.385. The number of rotatable bonds is 2. The van der Waals surface area contributed by atoms with Crippen molar-refractivity contribution in [1.29, 1.82) is 0 Å². The third-order valence-corrected chi connectivity index (χ3v) is 3.72. The Balaban J connectivity index is 1.85. The van der Waals surface area contributed by atoms with Gasteiger partial charge in [-0.15, -0.1) is 0 Å². The van der Waals surface area contributed by atoms with E-state index >= 15 is 0 Å². The van der Waals surface area contributed by atoms with Gasteiger partial charge in [-0.2, -0.15) is 5.10 Å². The minimum Gasteiger partial charge on any atom is -0.356 e. The molecule has 0 radical (unpaired) electrons. The zero-order valence-corrected chi connectivity index (χ0v) is 11.4. The molecule has 0 spiro atoms. The first-order valence-corrected chi connectivity index (χ1v) is 6.66. The average molecular weight is 279 g/mol. The van der Waals surface area contributed by atoms with Crippen molar-refractivity contribution in [1.82, 2.24) is 19.7 Å². The summed E-state index contributed by atoms with van der Waals surface area (Å²) in [5.74, 6) is -0.00162. The van der Waals surface area contributed by atoms with Gasteiger partial charge in [-0.3, -0.25) is 9.48 Å². The monoisotopic (exact) mass is 278 g/mol. The van der Waals surface area contributed by atoms with Crippen LogP contribution in [0.5, 0.6) is 0 Å². The van der Waals surface area contributed by atoms with Crippen LogP contribution in [0.3, 0.4) is 0 Å². The van der Waals surface area contributed by atoms with Crippen molar-refractivity contribution in [3.05, 3.63) is 40.9 Å². The van der Waals surface area contributed by atoms with Crippen LogP contribution in [-0.4, -0.2) is 32.1 Å². The van der Waals surface area contributed by atoms with Crippen molar-refractivity contribution in [2.75, 3.05) is 6.54 Å². The lowest BCUT2D eigenvalue weighted by Crippen LogP contribution is -2.30. The Bertz CT molecular complexity index is 603. The summed E-state index contributed by atoms with van der Waals surface area (Å²) in [4.78, 5) is 17.3. The molecule has 6 heteroatoms. The molecule has 0 aliphatic carbocycles. The lowest BCUT2D eigenvalue weighted by molar-refractivity contribution is 0.0730. The summed E-state index contributed by atoms with van der Waals surface area (Å²) in [5, 5.41) is 4.74. The Morgan fingerprint density at radius 1 is 1.58 bits per heavy atom. The van der Waals surface area contributed by atoms with E-state index in [-0.39, 0.29) is 11.9 Å². The molecule has 0 aromatic carbocycles. The van der Waals surface area contributed by atoms with E-state index in [0.717, 1.165) is 24.9 Å². The minimum absolute atomic E-state index is 0.00162. The number of hydrogen-bond acceptors (Lipinski definition) is 2. The molecule has 0 bridgehead atoms. The van der Waals surface area contributed by atoms with Crippen molar-refractivity contribution in [2.45, 2.75) is 18.9 Å². The Labute approximate surface area is 116 Å². The first-order chi connectivity index (χ1) is 9.15. The molecule has 1 atom stereocenters. The molecule has 1 aliphatic rings. The molecule has 2 aromatic heterocycles. The summed E-state index contributed by atoms with van der Waals surface area (Å²) in [7, 11) is 1.88. The maximum Gasteiger partial charge on any atom is 0.270 e. The molecular weight excluding hydrogens is 264 g/mol. The molecule has 1 fully saturated rings. The number of aromatic nitrogens is 3. The first-order valence-electron chi connectivity index (χ1n) is 6.28. The van der Waals surface area contributed by atoms with Gasteiger partial charge in [0.05, 0.1) is 17.3 Å². The van der Waals surface area contributed by atoms with Gasteiger partial charge in [0.2, 0.25) is 0 Å². The van der Waals surface area contributed by atoms with Gasteiger partial charge in [-0.05, 0) is 18.9 Å². The second kappa shape index (κ2) is 4.74. The predicted octanol–water partition coefficient (Wildman–Crippen LogP) is 2.38. The molecule has 1 saturated heterocycles. The summed E-state index contributed by atoms with van der Waals surface area (Å²) in [6, 6.07) is 1.78. The Hall–Kier alpha value is -1.75. The van der Waals surface area contributed by atoms with E-state index in [2.05, 4.69) is 10.1 Å². The zero-order valence-electron chi connectivity index (χ0n) is 10.6. The molecule has 1 aliphatic heterocycles. The highest BCUT2D eigenvalue weighted by atomic mass is 35.5. The highest BCUT2D eigenvalue weighted by Crippen LogP contribution is 2.32. The van der Waals surface area contributed by atoms with E-state index in [1.54, 1.807) is 16.9 Å². The van der Waals surface area contributed by atoms with Crippen LogP contribution in [0.15, 0.2) is 24.7 Å². The van der Waals surface area contributed by atoms with Gasteiger partial charge in [0.25, 0.3) is 5.91 Å². The van der Waals surface area contributed by atoms with Crippen LogP contribution >= 0.6 is 11.6 Å². The van der Waals surface area contributed by atoms with Crippen LogP contribution in [0, 0.1) is 0 Å². The van der Waals surface area contributed by atoms with Gasteiger partial charge >= 0.3 is 0 Å². The second-order valence-corrected chi connectivity index (χ2v) is 5.27. The smallest absolute Gasteiger partial charge is 0.270 e. The van der Waals surface area contributed by atoms with Crippen LogP contribution in [0.4, 0.5) is 0 Å². The van der Waals surface area contributed by atoms with Gasteiger partial charge in [0, 0.05) is 31.5 Å². The standard InChI is InChI=1S/C13H15ClN4O/c1-17-8-9(6-16-17)12-3-2-4-18(12)13(19)11-5-10(14)7-15-11/h5-8,12,15H,2-4H2,1H3. The Morgan fingerprint density at radius 3 is 3.05 bits per heavy atom. The van der Waals surface area contributed by atoms with E-state index in [4.69, 9.17) is 11.6 Å². The molecule has 3 heterocycles. The number of hydrogen-bond donors (Lipinski definition) is 1. The van der Waals surface area contributed by atoms with Crippen LogP contribution in [0.2, 0.25) is 5.02 Å². The maximum atomic E-state index is 12.5. The van der Waals surface area contributed by atoms with Crippen molar-refractivity contribution in [2.24, 2.45) is 7.05 Å². The van der Waals surface area contributed by atoms with Gasteiger partial charge in [-0.25, -0.2) is 0 Å². The zero-order chi connectivity index (χ0) is 13.4. The van der Waals surface area contributed by atoms with Crippen LogP contribution in [-0.2, 0) is 7.05 Å². The van der Waals surface area contributed by atoms with Crippen LogP contribution < -0.4 is 0 Å². The maximum absolute atomic E-state index is 12.5. The molecule has 1 unspecified atom stereocenters. The number of H-pyrrole nitrogens is 1. The van der Waals surface area contributed by atoms with Gasteiger partial charge in [0.1, 0.15) is 5.69 Å². The van der Waals surface area contributed by atoms with Gasteiger partial charge in [-0.1, -0.05) is 11.6 Å². The lowest BCUT2D eigenvalue weighted by atomic mass is 10.1. The van der Waals surface area contributed by atoms with E-state index in [9.17, 15) is 4.79 Å². The number of likely N-dealkylation sites (tertiary alicyclic amines) is 1. The van der Waals surface area contributed by atoms with Crippen molar-refractivity contribution in [3.8, 4) is 0 Å². The second-order valence-electron chi connectivity index (χ2n) is 4.84.